The quantitative estimate of drug-likeness (QED) is 0.343. The van der Waals surface area contributed by atoms with Crippen LogP contribution >= 0.6 is 7.81 Å². The summed E-state index contributed by atoms with van der Waals surface area (Å²) in [5.74, 6) is 0. The molecule has 0 aromatic rings. The molecule has 1 aliphatic rings. The molecule has 0 aromatic carbocycles. The fourth-order valence-corrected chi connectivity index (χ4v) is 3.36. The van der Waals surface area contributed by atoms with Crippen molar-refractivity contribution in [1.29, 1.82) is 0 Å². The first-order valence-corrected chi connectivity index (χ1v) is 10.8. The Morgan fingerprint density at radius 3 is 1.18 bits per heavy atom. The molecule has 0 spiro atoms. The van der Waals surface area contributed by atoms with Crippen molar-refractivity contribution in [3.05, 3.63) is 0 Å². The van der Waals surface area contributed by atoms with Crippen molar-refractivity contribution in [1.82, 2.24) is 0 Å². The van der Waals surface area contributed by atoms with Crippen molar-refractivity contribution in [2.75, 3.05) is 20.1 Å². The molecule has 0 saturated carbocycles. The number of hydrogen-bond acceptors (Lipinski definition) is 0. The summed E-state index contributed by atoms with van der Waals surface area (Å²) in [5.41, 5.74) is 0. The summed E-state index contributed by atoms with van der Waals surface area (Å²) < 4.78 is 60.6. The summed E-state index contributed by atoms with van der Waals surface area (Å²) in [5, 5.41) is 0. The third-order valence-electron chi connectivity index (χ3n) is 3.17. The molecular formula is C8H20F6NPSi. The standard InChI is InChI=1S/C8H20NSi.F6P/c1-9(10(2,3)4)7-5-6-8-9;1-7(2,3,4,5)6/h5-8H2,1-4H3;/q+1;-1. The normalized spacial score (nSPS) is 24.4. The number of rotatable bonds is 1. The minimum atomic E-state index is -10.7. The van der Waals surface area contributed by atoms with Gasteiger partial charge in [0.2, 0.25) is 0 Å². The van der Waals surface area contributed by atoms with Crippen LogP contribution in [0, 0.1) is 0 Å². The van der Waals surface area contributed by atoms with Gasteiger partial charge in [0.05, 0.1) is 20.1 Å². The average Bonchev–Trinajstić information content (AvgIpc) is 2.27. The SMILES string of the molecule is C[N+]1([Si](C)(C)C)CCCC1.F[P-](F)(F)(F)(F)F. The Bertz CT molecular complexity index is 261. The third kappa shape index (κ3) is 9.85. The van der Waals surface area contributed by atoms with Gasteiger partial charge in [-0.2, -0.15) is 0 Å². The first kappa shape index (κ1) is 17.2. The summed E-state index contributed by atoms with van der Waals surface area (Å²) in [7, 11) is -9.12. The summed E-state index contributed by atoms with van der Waals surface area (Å²) in [6.07, 6.45) is 2.92. The molecule has 108 valence electrons. The molecule has 9 heteroatoms. The van der Waals surface area contributed by atoms with Gasteiger partial charge in [-0.25, -0.2) is 0 Å². The van der Waals surface area contributed by atoms with Gasteiger partial charge < -0.3 is 4.15 Å². The number of quaternary nitrogens is 1. The average molecular weight is 303 g/mol. The van der Waals surface area contributed by atoms with Crippen LogP contribution in [0.2, 0.25) is 19.6 Å². The molecule has 1 saturated heterocycles. The van der Waals surface area contributed by atoms with E-state index in [1.165, 1.54) is 30.1 Å². The van der Waals surface area contributed by atoms with Crippen molar-refractivity contribution in [2.45, 2.75) is 32.5 Å². The van der Waals surface area contributed by atoms with Gasteiger partial charge in [0.25, 0.3) is 8.24 Å². The van der Waals surface area contributed by atoms with Crippen molar-refractivity contribution >= 4 is 16.0 Å². The molecule has 1 fully saturated rings. The first-order valence-electron chi connectivity index (χ1n) is 5.32. The van der Waals surface area contributed by atoms with E-state index in [0.29, 0.717) is 0 Å². The maximum atomic E-state index is 9.87. The van der Waals surface area contributed by atoms with Gasteiger partial charge in [-0.1, -0.05) is 0 Å². The number of hydrogen-bond donors (Lipinski definition) is 0. The van der Waals surface area contributed by atoms with Crippen LogP contribution in [0.25, 0.3) is 0 Å². The summed E-state index contributed by atoms with van der Waals surface area (Å²) in [6, 6.07) is 0. The van der Waals surface area contributed by atoms with Crippen LogP contribution in [0.3, 0.4) is 0 Å². The molecule has 0 aliphatic carbocycles. The molecule has 0 unspecified atom stereocenters. The van der Waals surface area contributed by atoms with E-state index >= 15 is 0 Å². The Kier molecular flexibility index (Phi) is 3.88. The van der Waals surface area contributed by atoms with Crippen LogP contribution in [0.4, 0.5) is 25.2 Å². The van der Waals surface area contributed by atoms with Crippen LogP contribution < -0.4 is 0 Å². The monoisotopic (exact) mass is 303 g/mol. The van der Waals surface area contributed by atoms with Crippen LogP contribution in [-0.2, 0) is 0 Å². The molecule has 0 atom stereocenters. The Morgan fingerprint density at radius 2 is 1.06 bits per heavy atom. The van der Waals surface area contributed by atoms with E-state index in [2.05, 4.69) is 26.7 Å². The van der Waals surface area contributed by atoms with E-state index in [1.807, 2.05) is 0 Å². The minimum absolute atomic E-state index is 0.911. The molecule has 0 aromatic heterocycles. The Labute approximate surface area is 98.7 Å². The van der Waals surface area contributed by atoms with Crippen molar-refractivity contribution in [3.8, 4) is 0 Å². The predicted octanol–water partition coefficient (Wildman–Crippen LogP) is 5.44. The second-order valence-electron chi connectivity index (χ2n) is 5.68. The van der Waals surface area contributed by atoms with Gasteiger partial charge in [-0.3, -0.25) is 0 Å². The Morgan fingerprint density at radius 1 is 0.824 bits per heavy atom. The summed E-state index contributed by atoms with van der Waals surface area (Å²) in [4.78, 5) is 0. The number of likely N-dealkylation sites (tertiary alicyclic amines) is 1. The van der Waals surface area contributed by atoms with Gasteiger partial charge >= 0.3 is 33.0 Å². The van der Waals surface area contributed by atoms with Gasteiger partial charge in [-0.15, -0.1) is 0 Å². The molecule has 0 N–H and O–H groups in total. The molecule has 0 radical (unpaired) electrons. The zero-order valence-electron chi connectivity index (χ0n) is 10.5. The van der Waals surface area contributed by atoms with Crippen LogP contribution in [-0.4, -0.2) is 32.5 Å². The molecular weight excluding hydrogens is 283 g/mol. The first-order chi connectivity index (χ1) is 6.91. The summed E-state index contributed by atoms with van der Waals surface area (Å²) in [6.45, 7) is 10.3. The fraction of sp³-hybridized carbons (Fsp3) is 1.00. The Balaban J connectivity index is 0.000000325. The molecule has 1 aliphatic heterocycles. The zero-order valence-corrected chi connectivity index (χ0v) is 12.4. The second kappa shape index (κ2) is 3.84. The topological polar surface area (TPSA) is 0 Å². The van der Waals surface area contributed by atoms with E-state index in [9.17, 15) is 25.2 Å². The van der Waals surface area contributed by atoms with E-state index < -0.39 is 16.0 Å². The molecule has 1 heterocycles. The van der Waals surface area contributed by atoms with Crippen LogP contribution in [0.1, 0.15) is 12.8 Å². The maximum absolute atomic E-state index is 10.7. The van der Waals surface area contributed by atoms with Crippen LogP contribution in [0.5, 0.6) is 0 Å². The van der Waals surface area contributed by atoms with E-state index in [0.717, 1.165) is 0 Å². The molecule has 1 rings (SSSR count). The third-order valence-corrected chi connectivity index (χ3v) is 6.86. The van der Waals surface area contributed by atoms with E-state index in [1.54, 1.807) is 0 Å². The zero-order chi connectivity index (χ0) is 14.2. The van der Waals surface area contributed by atoms with E-state index in [4.69, 9.17) is 0 Å². The molecule has 0 bridgehead atoms. The molecule has 1 nitrogen and oxygen atoms in total. The summed E-state index contributed by atoms with van der Waals surface area (Å²) >= 11 is 0. The predicted molar refractivity (Wildman–Crippen MR) is 62.1 cm³/mol. The van der Waals surface area contributed by atoms with Crippen molar-refractivity contribution < 1.29 is 29.3 Å². The van der Waals surface area contributed by atoms with Crippen LogP contribution in [0.15, 0.2) is 0 Å². The van der Waals surface area contributed by atoms with Crippen molar-refractivity contribution in [3.63, 3.8) is 0 Å². The van der Waals surface area contributed by atoms with Gasteiger partial charge in [0.1, 0.15) is 0 Å². The molecule has 0 amide bonds. The van der Waals surface area contributed by atoms with Gasteiger partial charge in [-0.05, 0) is 19.6 Å². The van der Waals surface area contributed by atoms with Gasteiger partial charge in [0.15, 0.2) is 0 Å². The molecule has 17 heavy (non-hydrogen) atoms. The van der Waals surface area contributed by atoms with E-state index in [-0.39, 0.29) is 0 Å². The van der Waals surface area contributed by atoms with Gasteiger partial charge in [0, 0.05) is 12.8 Å². The Hall–Kier alpha value is 0.187. The number of halogens is 6. The van der Waals surface area contributed by atoms with Crippen molar-refractivity contribution in [2.24, 2.45) is 0 Å². The second-order valence-corrected chi connectivity index (χ2v) is 13.0. The fourth-order valence-electron chi connectivity index (χ4n) is 1.70. The number of nitrogens with zero attached hydrogens (tertiary/aromatic N) is 1.